The first kappa shape index (κ1) is 10.5. The molecule has 0 aliphatic carbocycles. The van der Waals surface area contributed by atoms with Gasteiger partial charge in [0.1, 0.15) is 11.8 Å². The lowest BCUT2D eigenvalue weighted by Crippen LogP contribution is -2.29. The molecule has 0 radical (unpaired) electrons. The Morgan fingerprint density at radius 3 is 2.60 bits per heavy atom. The molecular weight excluding hydrogens is 212 g/mol. The van der Waals surface area contributed by atoms with Crippen molar-refractivity contribution in [3.8, 4) is 0 Å². The first-order valence-corrected chi connectivity index (χ1v) is 5.23. The van der Waals surface area contributed by atoms with Crippen LogP contribution in [-0.2, 0) is 4.74 Å². The third-order valence-electron chi connectivity index (χ3n) is 2.39. The smallest absolute Gasteiger partial charge is 0.115 e. The van der Waals surface area contributed by atoms with Gasteiger partial charge in [-0.2, -0.15) is 0 Å². The molecule has 0 saturated heterocycles. The second-order valence-electron chi connectivity index (χ2n) is 3.39. The number of hydrogen-bond donors (Lipinski definition) is 2. The van der Waals surface area contributed by atoms with Crippen molar-refractivity contribution in [2.45, 2.75) is 12.5 Å². The van der Waals surface area contributed by atoms with Crippen LogP contribution in [0.2, 0.25) is 5.02 Å². The molecule has 1 aromatic rings. The molecule has 3 N–H and O–H groups in total. The van der Waals surface area contributed by atoms with E-state index >= 15 is 0 Å². The van der Waals surface area contributed by atoms with Crippen LogP contribution in [0.5, 0.6) is 0 Å². The van der Waals surface area contributed by atoms with E-state index in [1.165, 1.54) is 0 Å². The number of hydrazine groups is 1. The largest absolute Gasteiger partial charge is 0.496 e. The van der Waals surface area contributed by atoms with Crippen LogP contribution in [-0.4, -0.2) is 6.61 Å². The number of nitrogens with two attached hydrogens (primary N) is 1. The van der Waals surface area contributed by atoms with Crippen molar-refractivity contribution in [3.05, 3.63) is 46.7 Å². The van der Waals surface area contributed by atoms with Crippen LogP contribution < -0.4 is 11.3 Å². The van der Waals surface area contributed by atoms with Crippen LogP contribution in [0, 0.1) is 0 Å². The van der Waals surface area contributed by atoms with Crippen LogP contribution in [0.25, 0.3) is 0 Å². The molecule has 0 aromatic heterocycles. The van der Waals surface area contributed by atoms with Crippen molar-refractivity contribution in [1.82, 2.24) is 5.43 Å². The Morgan fingerprint density at radius 1 is 1.33 bits per heavy atom. The van der Waals surface area contributed by atoms with E-state index in [1.54, 1.807) is 0 Å². The van der Waals surface area contributed by atoms with Crippen LogP contribution >= 0.6 is 11.6 Å². The van der Waals surface area contributed by atoms with Gasteiger partial charge in [0.15, 0.2) is 0 Å². The molecule has 1 aliphatic heterocycles. The van der Waals surface area contributed by atoms with Gasteiger partial charge in [-0.05, 0) is 23.8 Å². The number of ether oxygens (including phenoxy) is 1. The van der Waals surface area contributed by atoms with Gasteiger partial charge in [0, 0.05) is 11.4 Å². The molecule has 1 aromatic carbocycles. The van der Waals surface area contributed by atoms with Crippen molar-refractivity contribution in [3.63, 3.8) is 0 Å². The molecule has 15 heavy (non-hydrogen) atoms. The molecule has 0 bridgehead atoms. The maximum atomic E-state index is 5.82. The van der Waals surface area contributed by atoms with Gasteiger partial charge in [-0.25, -0.2) is 5.43 Å². The maximum Gasteiger partial charge on any atom is 0.115 e. The standard InChI is InChI=1S/C11H13ClN2O/c12-9-5-3-8(4-6-9)11(14-13)10-2-1-7-15-10/h2-6,11,14H,1,7,13H2. The molecule has 4 heteroatoms. The highest BCUT2D eigenvalue weighted by Crippen LogP contribution is 2.26. The van der Waals surface area contributed by atoms with Crippen LogP contribution in [0.3, 0.4) is 0 Å². The minimum atomic E-state index is -0.0789. The number of benzene rings is 1. The minimum absolute atomic E-state index is 0.0789. The van der Waals surface area contributed by atoms with E-state index in [1.807, 2.05) is 24.3 Å². The minimum Gasteiger partial charge on any atom is -0.496 e. The van der Waals surface area contributed by atoms with Gasteiger partial charge >= 0.3 is 0 Å². The van der Waals surface area contributed by atoms with E-state index in [-0.39, 0.29) is 6.04 Å². The number of nitrogens with one attached hydrogen (secondary N) is 1. The zero-order chi connectivity index (χ0) is 10.7. The Morgan fingerprint density at radius 2 is 2.07 bits per heavy atom. The lowest BCUT2D eigenvalue weighted by molar-refractivity contribution is 0.215. The summed E-state index contributed by atoms with van der Waals surface area (Å²) in [5.41, 5.74) is 3.79. The summed E-state index contributed by atoms with van der Waals surface area (Å²) in [6.45, 7) is 0.737. The van der Waals surface area contributed by atoms with Crippen molar-refractivity contribution in [2.24, 2.45) is 5.84 Å². The molecule has 1 atom stereocenters. The summed E-state index contributed by atoms with van der Waals surface area (Å²) in [6, 6.07) is 7.49. The first-order valence-electron chi connectivity index (χ1n) is 4.85. The van der Waals surface area contributed by atoms with Gasteiger partial charge in [-0.1, -0.05) is 23.7 Å². The highest BCUT2D eigenvalue weighted by molar-refractivity contribution is 6.30. The van der Waals surface area contributed by atoms with Crippen LogP contribution in [0.1, 0.15) is 18.0 Å². The van der Waals surface area contributed by atoms with Crippen molar-refractivity contribution in [2.75, 3.05) is 6.61 Å². The Bertz CT molecular complexity index is 361. The molecule has 1 unspecified atom stereocenters. The molecule has 80 valence electrons. The van der Waals surface area contributed by atoms with Crippen molar-refractivity contribution in [1.29, 1.82) is 0 Å². The van der Waals surface area contributed by atoms with E-state index in [2.05, 4.69) is 11.5 Å². The highest BCUT2D eigenvalue weighted by atomic mass is 35.5. The summed E-state index contributed by atoms with van der Waals surface area (Å²) < 4.78 is 5.48. The van der Waals surface area contributed by atoms with Gasteiger partial charge in [0.05, 0.1) is 6.61 Å². The predicted octanol–water partition coefficient (Wildman–Crippen LogP) is 2.15. The monoisotopic (exact) mass is 224 g/mol. The van der Waals surface area contributed by atoms with Gasteiger partial charge in [-0.15, -0.1) is 0 Å². The quantitative estimate of drug-likeness (QED) is 0.611. The van der Waals surface area contributed by atoms with Gasteiger partial charge in [-0.3, -0.25) is 5.84 Å². The summed E-state index contributed by atoms with van der Waals surface area (Å²) in [4.78, 5) is 0. The first-order chi connectivity index (χ1) is 7.31. The summed E-state index contributed by atoms with van der Waals surface area (Å²) in [5.74, 6) is 6.41. The Kier molecular flexibility index (Phi) is 3.26. The summed E-state index contributed by atoms with van der Waals surface area (Å²) in [7, 11) is 0. The molecule has 1 aliphatic rings. The van der Waals surface area contributed by atoms with Crippen molar-refractivity contribution < 1.29 is 4.74 Å². The Labute approximate surface area is 93.8 Å². The second kappa shape index (κ2) is 4.66. The lowest BCUT2D eigenvalue weighted by Gasteiger charge is -2.17. The van der Waals surface area contributed by atoms with E-state index in [0.717, 1.165) is 29.4 Å². The highest BCUT2D eigenvalue weighted by Gasteiger charge is 2.19. The third-order valence-corrected chi connectivity index (χ3v) is 2.64. The molecule has 2 rings (SSSR count). The molecular formula is C11H13ClN2O. The second-order valence-corrected chi connectivity index (χ2v) is 3.83. The average molecular weight is 225 g/mol. The fraction of sp³-hybridized carbons (Fsp3) is 0.273. The molecule has 0 fully saturated rings. The molecule has 0 amide bonds. The number of halogens is 1. The fourth-order valence-electron chi connectivity index (χ4n) is 1.64. The number of rotatable bonds is 3. The normalized spacial score (nSPS) is 17.1. The van der Waals surface area contributed by atoms with Crippen LogP contribution in [0.15, 0.2) is 36.1 Å². The Hall–Kier alpha value is -1.03. The van der Waals surface area contributed by atoms with Gasteiger partial charge in [0.2, 0.25) is 0 Å². The zero-order valence-electron chi connectivity index (χ0n) is 8.24. The summed E-state index contributed by atoms with van der Waals surface area (Å²) >= 11 is 5.82. The topological polar surface area (TPSA) is 47.3 Å². The number of hydrogen-bond acceptors (Lipinski definition) is 3. The van der Waals surface area contributed by atoms with E-state index in [0.29, 0.717) is 0 Å². The zero-order valence-corrected chi connectivity index (χ0v) is 9.00. The summed E-state index contributed by atoms with van der Waals surface area (Å²) in [5, 5.41) is 0.718. The van der Waals surface area contributed by atoms with Gasteiger partial charge < -0.3 is 4.74 Å². The Balaban J connectivity index is 2.22. The van der Waals surface area contributed by atoms with E-state index in [9.17, 15) is 0 Å². The fourth-order valence-corrected chi connectivity index (χ4v) is 1.76. The van der Waals surface area contributed by atoms with E-state index in [4.69, 9.17) is 22.2 Å². The van der Waals surface area contributed by atoms with Gasteiger partial charge in [0.25, 0.3) is 0 Å². The SMILES string of the molecule is NNC(C1=CCCO1)c1ccc(Cl)cc1. The predicted molar refractivity (Wildman–Crippen MR) is 60.2 cm³/mol. The lowest BCUT2D eigenvalue weighted by atomic mass is 10.1. The molecule has 1 heterocycles. The molecule has 3 nitrogen and oxygen atoms in total. The average Bonchev–Trinajstić information content (AvgIpc) is 2.75. The third kappa shape index (κ3) is 2.31. The van der Waals surface area contributed by atoms with Crippen LogP contribution in [0.4, 0.5) is 0 Å². The maximum absolute atomic E-state index is 5.82. The summed E-state index contributed by atoms with van der Waals surface area (Å²) in [6.07, 6.45) is 3.00. The molecule has 0 spiro atoms. The van der Waals surface area contributed by atoms with E-state index < -0.39 is 0 Å². The van der Waals surface area contributed by atoms with Crippen molar-refractivity contribution >= 4 is 11.6 Å². The molecule has 0 saturated carbocycles.